The van der Waals surface area contributed by atoms with Gasteiger partial charge in [-0.3, -0.25) is 4.90 Å². The van der Waals surface area contributed by atoms with Crippen molar-refractivity contribution in [2.24, 2.45) is 0 Å². The topological polar surface area (TPSA) is 32.3 Å². The molecule has 0 aliphatic carbocycles. The Kier molecular flexibility index (Phi) is 5.37. The second kappa shape index (κ2) is 7.46. The molecule has 0 fully saturated rings. The van der Waals surface area contributed by atoms with E-state index in [1.54, 1.807) is 11.1 Å². The summed E-state index contributed by atoms with van der Waals surface area (Å²) >= 11 is 0. The van der Waals surface area contributed by atoms with Crippen LogP contribution in [-0.4, -0.2) is 12.6 Å². The van der Waals surface area contributed by atoms with E-state index >= 15 is 0 Å². The lowest BCUT2D eigenvalue weighted by Crippen LogP contribution is -2.37. The Labute approximate surface area is 132 Å². The van der Waals surface area contributed by atoms with Gasteiger partial charge in [0.05, 0.1) is 0 Å². The first-order valence-electron chi connectivity index (χ1n) is 7.48. The Morgan fingerprint density at radius 2 is 1.91 bits per heavy atom. The van der Waals surface area contributed by atoms with Crippen LogP contribution in [0.25, 0.3) is 6.08 Å². The van der Waals surface area contributed by atoms with Gasteiger partial charge in [-0.05, 0) is 55.7 Å². The molecular formula is C19H22N2O. The molecule has 0 aliphatic heterocycles. The van der Waals surface area contributed by atoms with Crippen LogP contribution in [0.1, 0.15) is 23.6 Å². The van der Waals surface area contributed by atoms with Crippen LogP contribution in [-0.2, 0) is 0 Å². The predicted molar refractivity (Wildman–Crippen MR) is 92.9 cm³/mol. The van der Waals surface area contributed by atoms with Gasteiger partial charge in [0.15, 0.2) is 0 Å². The van der Waals surface area contributed by atoms with E-state index in [0.29, 0.717) is 6.54 Å². The highest BCUT2D eigenvalue weighted by Crippen LogP contribution is 2.16. The van der Waals surface area contributed by atoms with Gasteiger partial charge < -0.3 is 5.32 Å². The number of rotatable bonds is 4. The van der Waals surface area contributed by atoms with E-state index in [0.717, 1.165) is 16.8 Å². The fourth-order valence-electron chi connectivity index (χ4n) is 2.29. The highest BCUT2D eigenvalue weighted by molar-refractivity contribution is 5.92. The Morgan fingerprint density at radius 1 is 1.14 bits per heavy atom. The molecule has 0 radical (unpaired) electrons. The molecule has 0 aliphatic rings. The normalized spacial score (nSPS) is 10.7. The van der Waals surface area contributed by atoms with E-state index in [4.69, 9.17) is 0 Å². The summed E-state index contributed by atoms with van der Waals surface area (Å²) in [6.07, 6.45) is 3.61. The quantitative estimate of drug-likeness (QED) is 0.884. The van der Waals surface area contributed by atoms with Crippen molar-refractivity contribution in [3.05, 3.63) is 71.4 Å². The van der Waals surface area contributed by atoms with Gasteiger partial charge in [-0.25, -0.2) is 4.79 Å². The van der Waals surface area contributed by atoms with Gasteiger partial charge in [0.2, 0.25) is 0 Å². The van der Waals surface area contributed by atoms with Gasteiger partial charge in [0.1, 0.15) is 0 Å². The first kappa shape index (κ1) is 15.8. The first-order valence-corrected chi connectivity index (χ1v) is 7.48. The highest BCUT2D eigenvalue weighted by atomic mass is 16.2. The Hall–Kier alpha value is -2.55. The first-order chi connectivity index (χ1) is 10.6. The maximum Gasteiger partial charge on any atom is 0.325 e. The largest absolute Gasteiger partial charge is 0.325 e. The summed E-state index contributed by atoms with van der Waals surface area (Å²) in [5.74, 6) is 0. The monoisotopic (exact) mass is 294 g/mol. The molecule has 0 saturated carbocycles. The summed E-state index contributed by atoms with van der Waals surface area (Å²) in [7, 11) is 0. The molecule has 2 amide bonds. The third-order valence-electron chi connectivity index (χ3n) is 3.53. The van der Waals surface area contributed by atoms with E-state index in [1.807, 2.05) is 75.4 Å². The zero-order valence-corrected chi connectivity index (χ0v) is 13.3. The predicted octanol–water partition coefficient (Wildman–Crippen LogP) is 4.51. The van der Waals surface area contributed by atoms with E-state index in [9.17, 15) is 4.79 Å². The van der Waals surface area contributed by atoms with Gasteiger partial charge in [-0.1, -0.05) is 36.4 Å². The summed E-state index contributed by atoms with van der Waals surface area (Å²) in [5, 5.41) is 2.83. The van der Waals surface area contributed by atoms with Crippen molar-refractivity contribution in [3.8, 4) is 0 Å². The number of nitrogens with zero attached hydrogens (tertiary/aromatic N) is 1. The average molecular weight is 294 g/mol. The van der Waals surface area contributed by atoms with Crippen molar-refractivity contribution in [3.63, 3.8) is 0 Å². The Balaban J connectivity index is 2.06. The third kappa shape index (κ3) is 3.98. The summed E-state index contributed by atoms with van der Waals surface area (Å²) in [6.45, 7) is 6.65. The average Bonchev–Trinajstić information content (AvgIpc) is 2.50. The third-order valence-corrected chi connectivity index (χ3v) is 3.53. The van der Waals surface area contributed by atoms with Crippen LogP contribution >= 0.6 is 0 Å². The molecule has 2 aromatic rings. The zero-order valence-electron chi connectivity index (χ0n) is 13.3. The number of hydrogen-bond donors (Lipinski definition) is 1. The molecule has 0 aromatic heterocycles. The molecule has 2 rings (SSSR count). The smallest absolute Gasteiger partial charge is 0.314 e. The van der Waals surface area contributed by atoms with Crippen molar-refractivity contribution in [2.45, 2.75) is 20.8 Å². The Morgan fingerprint density at radius 3 is 2.59 bits per heavy atom. The number of urea groups is 1. The molecule has 0 heterocycles. The molecule has 0 saturated heterocycles. The zero-order chi connectivity index (χ0) is 15.9. The molecule has 3 heteroatoms. The van der Waals surface area contributed by atoms with Crippen LogP contribution < -0.4 is 10.2 Å². The van der Waals surface area contributed by atoms with Crippen molar-refractivity contribution in [1.29, 1.82) is 0 Å². The maximum absolute atomic E-state index is 12.3. The Bertz CT molecular complexity index is 677. The highest BCUT2D eigenvalue weighted by Gasteiger charge is 2.12. The van der Waals surface area contributed by atoms with Crippen LogP contribution in [0.5, 0.6) is 0 Å². The number of anilines is 1. The minimum atomic E-state index is -0.127. The van der Waals surface area contributed by atoms with Gasteiger partial charge in [-0.2, -0.15) is 0 Å². The van der Waals surface area contributed by atoms with Crippen LogP contribution in [0.3, 0.4) is 0 Å². The van der Waals surface area contributed by atoms with Gasteiger partial charge >= 0.3 is 6.03 Å². The number of nitrogens with one attached hydrogen (secondary N) is 1. The van der Waals surface area contributed by atoms with Crippen molar-refractivity contribution in [2.75, 3.05) is 11.4 Å². The van der Waals surface area contributed by atoms with E-state index in [-0.39, 0.29) is 6.03 Å². The van der Waals surface area contributed by atoms with Crippen LogP contribution in [0.4, 0.5) is 10.5 Å². The summed E-state index contributed by atoms with van der Waals surface area (Å²) in [4.78, 5) is 14.0. The van der Waals surface area contributed by atoms with E-state index in [2.05, 4.69) is 5.32 Å². The minimum Gasteiger partial charge on any atom is -0.314 e. The molecule has 0 bridgehead atoms. The van der Waals surface area contributed by atoms with E-state index in [1.165, 1.54) is 5.56 Å². The lowest BCUT2D eigenvalue weighted by molar-refractivity contribution is 0.249. The fourth-order valence-corrected chi connectivity index (χ4v) is 2.29. The number of carbonyl (C=O) groups excluding carboxylic acids is 1. The van der Waals surface area contributed by atoms with Gasteiger partial charge in [0, 0.05) is 18.4 Å². The molecule has 1 N–H and O–H groups in total. The molecule has 2 aromatic carbocycles. The summed E-state index contributed by atoms with van der Waals surface area (Å²) in [6, 6.07) is 15.9. The van der Waals surface area contributed by atoms with Crippen LogP contribution in [0.15, 0.2) is 54.7 Å². The van der Waals surface area contributed by atoms with E-state index < -0.39 is 0 Å². The maximum atomic E-state index is 12.3. The van der Waals surface area contributed by atoms with Crippen LogP contribution in [0, 0.1) is 13.8 Å². The molecule has 0 spiro atoms. The summed E-state index contributed by atoms with van der Waals surface area (Å²) < 4.78 is 0. The summed E-state index contributed by atoms with van der Waals surface area (Å²) in [5.41, 5.74) is 4.32. The van der Waals surface area contributed by atoms with Crippen LogP contribution in [0.2, 0.25) is 0 Å². The van der Waals surface area contributed by atoms with Crippen molar-refractivity contribution in [1.82, 2.24) is 5.32 Å². The molecule has 22 heavy (non-hydrogen) atoms. The second-order valence-corrected chi connectivity index (χ2v) is 5.22. The minimum absolute atomic E-state index is 0.127. The second-order valence-electron chi connectivity index (χ2n) is 5.22. The molecule has 0 unspecified atom stereocenters. The fraction of sp³-hybridized carbons (Fsp3) is 0.211. The number of benzene rings is 2. The van der Waals surface area contributed by atoms with Crippen molar-refractivity contribution < 1.29 is 4.79 Å². The van der Waals surface area contributed by atoms with Crippen molar-refractivity contribution >= 4 is 17.8 Å². The number of carbonyl (C=O) groups is 1. The number of hydrogen-bond acceptors (Lipinski definition) is 1. The van der Waals surface area contributed by atoms with Gasteiger partial charge in [-0.15, -0.1) is 0 Å². The molecular weight excluding hydrogens is 272 g/mol. The lowest BCUT2D eigenvalue weighted by atomic mass is 10.1. The SMILES string of the molecule is CCN(C(=O)N/C=C/c1ccccc1C)c1cccc(C)c1. The standard InChI is InChI=1S/C19H22N2O/c1-4-21(18-11-7-8-15(2)14-18)19(22)20-13-12-17-10-6-5-9-16(17)3/h5-14H,4H2,1-3H3,(H,20,22)/b13-12+. The molecule has 3 nitrogen and oxygen atoms in total. The number of aryl methyl sites for hydroxylation is 2. The molecule has 0 atom stereocenters. The lowest BCUT2D eigenvalue weighted by Gasteiger charge is -2.20. The molecule has 114 valence electrons. The number of amides is 2. The van der Waals surface area contributed by atoms with Gasteiger partial charge in [0.25, 0.3) is 0 Å².